The first-order valence-electron chi connectivity index (χ1n) is 6.10. The van der Waals surface area contributed by atoms with Crippen LogP contribution in [0, 0.1) is 6.57 Å². The first-order valence-corrected chi connectivity index (χ1v) is 6.10. The molecular weight excluding hydrogens is 198 g/mol. The van der Waals surface area contributed by atoms with Gasteiger partial charge in [0.15, 0.2) is 0 Å². The van der Waals surface area contributed by atoms with E-state index in [2.05, 4.69) is 34.4 Å². The van der Waals surface area contributed by atoms with Gasteiger partial charge in [0.25, 0.3) is 0 Å². The van der Waals surface area contributed by atoms with Gasteiger partial charge in [0.1, 0.15) is 0 Å². The second kappa shape index (κ2) is 4.69. The summed E-state index contributed by atoms with van der Waals surface area (Å²) in [5, 5.41) is 0. The molecule has 2 rings (SSSR count). The second-order valence-corrected chi connectivity index (χ2v) is 4.99. The number of nitrogens with zero attached hydrogens (tertiary/aromatic N) is 3. The SMILES string of the molecule is [C-]#[N+]C1CCC(n2cnc(C(C)C)c2)CC1. The number of imidazole rings is 1. The summed E-state index contributed by atoms with van der Waals surface area (Å²) in [7, 11) is 0. The summed E-state index contributed by atoms with van der Waals surface area (Å²) in [6, 6.07) is 0.836. The maximum atomic E-state index is 7.03. The Bertz CT molecular complexity index is 378. The van der Waals surface area contributed by atoms with Crippen molar-refractivity contribution in [2.45, 2.75) is 57.5 Å². The Hall–Kier alpha value is -1.30. The van der Waals surface area contributed by atoms with Crippen LogP contribution in [0.3, 0.4) is 0 Å². The van der Waals surface area contributed by atoms with E-state index in [0.717, 1.165) is 25.7 Å². The van der Waals surface area contributed by atoms with Crippen LogP contribution in [0.5, 0.6) is 0 Å². The molecule has 1 aromatic heterocycles. The molecule has 1 saturated carbocycles. The Kier molecular flexibility index (Phi) is 3.28. The Balaban J connectivity index is 2.00. The van der Waals surface area contributed by atoms with E-state index >= 15 is 0 Å². The monoisotopic (exact) mass is 217 g/mol. The highest BCUT2D eigenvalue weighted by atomic mass is 15.1. The van der Waals surface area contributed by atoms with Gasteiger partial charge in [-0.05, 0) is 18.8 Å². The highest BCUT2D eigenvalue weighted by molar-refractivity contribution is 5.03. The van der Waals surface area contributed by atoms with Crippen molar-refractivity contribution >= 4 is 0 Å². The van der Waals surface area contributed by atoms with Gasteiger partial charge in [0.2, 0.25) is 6.04 Å². The third kappa shape index (κ3) is 2.27. The summed E-state index contributed by atoms with van der Waals surface area (Å²) >= 11 is 0. The largest absolute Gasteiger partial charge is 0.334 e. The van der Waals surface area contributed by atoms with Gasteiger partial charge >= 0.3 is 0 Å². The van der Waals surface area contributed by atoms with Gasteiger partial charge in [-0.15, -0.1) is 0 Å². The predicted octanol–water partition coefficient (Wildman–Crippen LogP) is 3.41. The molecule has 1 aliphatic rings. The van der Waals surface area contributed by atoms with Crippen molar-refractivity contribution in [2.75, 3.05) is 0 Å². The summed E-state index contributed by atoms with van der Waals surface area (Å²) in [6.45, 7) is 11.4. The van der Waals surface area contributed by atoms with Crippen molar-refractivity contribution in [1.82, 2.24) is 9.55 Å². The third-order valence-electron chi connectivity index (χ3n) is 3.48. The fourth-order valence-electron chi connectivity index (χ4n) is 2.34. The van der Waals surface area contributed by atoms with Gasteiger partial charge in [-0.25, -0.2) is 11.6 Å². The Morgan fingerprint density at radius 2 is 2.06 bits per heavy atom. The summed E-state index contributed by atoms with van der Waals surface area (Å²) in [5.41, 5.74) is 1.17. The summed E-state index contributed by atoms with van der Waals surface area (Å²) < 4.78 is 2.25. The molecule has 1 aliphatic carbocycles. The van der Waals surface area contributed by atoms with E-state index in [0.29, 0.717) is 12.0 Å². The fraction of sp³-hybridized carbons (Fsp3) is 0.692. The lowest BCUT2D eigenvalue weighted by Gasteiger charge is -2.23. The van der Waals surface area contributed by atoms with Crippen molar-refractivity contribution < 1.29 is 0 Å². The van der Waals surface area contributed by atoms with Crippen molar-refractivity contribution in [1.29, 1.82) is 0 Å². The van der Waals surface area contributed by atoms with E-state index in [9.17, 15) is 0 Å². The Labute approximate surface area is 97.3 Å². The molecule has 0 saturated heterocycles. The number of aromatic nitrogens is 2. The fourth-order valence-corrected chi connectivity index (χ4v) is 2.34. The van der Waals surface area contributed by atoms with Crippen LogP contribution in [-0.2, 0) is 0 Å². The molecule has 1 heterocycles. The molecule has 0 aliphatic heterocycles. The van der Waals surface area contributed by atoms with E-state index in [4.69, 9.17) is 6.57 Å². The number of hydrogen-bond donors (Lipinski definition) is 0. The normalized spacial score (nSPS) is 25.6. The molecule has 0 radical (unpaired) electrons. The standard InChI is InChI=1S/C13H19N3/c1-10(2)13-8-16(9-15-13)12-6-4-11(14-3)5-7-12/h8-12H,4-7H2,1-2H3. The second-order valence-electron chi connectivity index (χ2n) is 4.99. The maximum Gasteiger partial charge on any atom is 0.223 e. The van der Waals surface area contributed by atoms with E-state index in [1.807, 2.05) is 6.33 Å². The first kappa shape index (κ1) is 11.2. The van der Waals surface area contributed by atoms with Crippen molar-refractivity contribution in [3.05, 3.63) is 29.6 Å². The smallest absolute Gasteiger partial charge is 0.223 e. The van der Waals surface area contributed by atoms with E-state index in [-0.39, 0.29) is 6.04 Å². The topological polar surface area (TPSA) is 22.2 Å². The molecular formula is C13H19N3. The van der Waals surface area contributed by atoms with Gasteiger partial charge in [-0.2, -0.15) is 0 Å². The minimum atomic E-state index is 0.268. The van der Waals surface area contributed by atoms with Crippen LogP contribution in [0.25, 0.3) is 4.85 Å². The molecule has 3 heteroatoms. The Morgan fingerprint density at radius 3 is 2.56 bits per heavy atom. The van der Waals surface area contributed by atoms with Crippen molar-refractivity contribution in [3.8, 4) is 0 Å². The molecule has 3 nitrogen and oxygen atoms in total. The van der Waals surface area contributed by atoms with Gasteiger partial charge in [0, 0.05) is 25.1 Å². The van der Waals surface area contributed by atoms with Gasteiger partial charge in [-0.3, -0.25) is 0 Å². The van der Waals surface area contributed by atoms with Crippen LogP contribution in [0.2, 0.25) is 0 Å². The predicted molar refractivity (Wildman–Crippen MR) is 64.2 cm³/mol. The minimum absolute atomic E-state index is 0.268. The zero-order valence-electron chi connectivity index (χ0n) is 10.1. The van der Waals surface area contributed by atoms with Crippen molar-refractivity contribution in [2.24, 2.45) is 0 Å². The van der Waals surface area contributed by atoms with Gasteiger partial charge in [0.05, 0.1) is 12.0 Å². The van der Waals surface area contributed by atoms with Gasteiger partial charge < -0.3 is 9.41 Å². The lowest BCUT2D eigenvalue weighted by atomic mass is 9.91. The average Bonchev–Trinajstić information content (AvgIpc) is 2.78. The quantitative estimate of drug-likeness (QED) is 0.696. The first-order chi connectivity index (χ1) is 7.70. The van der Waals surface area contributed by atoms with Gasteiger partial charge in [-0.1, -0.05) is 13.8 Å². The summed E-state index contributed by atoms with van der Waals surface area (Å²) in [6.07, 6.45) is 8.47. The minimum Gasteiger partial charge on any atom is -0.334 e. The molecule has 0 atom stereocenters. The summed E-state index contributed by atoms with van der Waals surface area (Å²) in [5.74, 6) is 0.501. The van der Waals surface area contributed by atoms with Crippen LogP contribution in [-0.4, -0.2) is 15.6 Å². The highest BCUT2D eigenvalue weighted by Crippen LogP contribution is 2.30. The average molecular weight is 217 g/mol. The molecule has 1 fully saturated rings. The van der Waals surface area contributed by atoms with Crippen LogP contribution < -0.4 is 0 Å². The maximum absolute atomic E-state index is 7.03. The molecule has 0 unspecified atom stereocenters. The van der Waals surface area contributed by atoms with E-state index in [1.54, 1.807) is 0 Å². The van der Waals surface area contributed by atoms with Crippen LogP contribution in [0.1, 0.15) is 57.2 Å². The van der Waals surface area contributed by atoms with Crippen molar-refractivity contribution in [3.63, 3.8) is 0 Å². The number of hydrogen-bond acceptors (Lipinski definition) is 1. The zero-order chi connectivity index (χ0) is 11.5. The molecule has 1 aromatic rings. The lowest BCUT2D eigenvalue weighted by molar-refractivity contribution is 0.342. The molecule has 0 aromatic carbocycles. The van der Waals surface area contributed by atoms with Crippen LogP contribution >= 0.6 is 0 Å². The molecule has 16 heavy (non-hydrogen) atoms. The molecule has 86 valence electrons. The molecule has 0 bridgehead atoms. The van der Waals surface area contributed by atoms with Crippen LogP contribution in [0.15, 0.2) is 12.5 Å². The molecule has 0 spiro atoms. The number of rotatable bonds is 2. The third-order valence-corrected chi connectivity index (χ3v) is 3.48. The zero-order valence-corrected chi connectivity index (χ0v) is 10.1. The lowest BCUT2D eigenvalue weighted by Crippen LogP contribution is -2.18. The van der Waals surface area contributed by atoms with E-state index in [1.165, 1.54) is 5.69 Å². The Morgan fingerprint density at radius 1 is 1.38 bits per heavy atom. The van der Waals surface area contributed by atoms with Crippen LogP contribution in [0.4, 0.5) is 0 Å². The molecule has 0 amide bonds. The van der Waals surface area contributed by atoms with E-state index < -0.39 is 0 Å². The highest BCUT2D eigenvalue weighted by Gasteiger charge is 2.25. The summed E-state index contributed by atoms with van der Waals surface area (Å²) in [4.78, 5) is 8.07. The molecule has 0 N–H and O–H groups in total.